The lowest BCUT2D eigenvalue weighted by atomic mass is 9.95. The molecule has 0 aliphatic carbocycles. The van der Waals surface area contributed by atoms with Crippen molar-refractivity contribution in [3.8, 4) is 0 Å². The molecule has 0 bridgehead atoms. The summed E-state index contributed by atoms with van der Waals surface area (Å²) in [5, 5.41) is 3.98. The molecule has 0 aromatic heterocycles. The maximum atomic E-state index is 12.5. The standard InChI is InChI=1S/C20H30ClN3O2/c1-14(2)23(4)20(26)17-9-11-24(12-10-17)19(25)13-22-15(3)16-5-7-18(21)8-6-16/h5-8,14-15,17,22H,9-13H2,1-4H3. The molecule has 2 amide bonds. The molecule has 1 aliphatic rings. The van der Waals surface area contributed by atoms with E-state index in [4.69, 9.17) is 11.6 Å². The van der Waals surface area contributed by atoms with Gasteiger partial charge in [-0.25, -0.2) is 0 Å². The van der Waals surface area contributed by atoms with Crippen molar-refractivity contribution in [2.45, 2.75) is 45.7 Å². The molecule has 1 atom stereocenters. The van der Waals surface area contributed by atoms with Crippen LogP contribution in [0.4, 0.5) is 0 Å². The van der Waals surface area contributed by atoms with Crippen LogP contribution in [0.5, 0.6) is 0 Å². The van der Waals surface area contributed by atoms with Crippen molar-refractivity contribution in [2.24, 2.45) is 5.92 Å². The molecule has 144 valence electrons. The average molecular weight is 380 g/mol. The molecule has 6 heteroatoms. The van der Waals surface area contributed by atoms with E-state index in [1.54, 1.807) is 4.90 Å². The first-order chi connectivity index (χ1) is 12.3. The lowest BCUT2D eigenvalue weighted by Crippen LogP contribution is -2.47. The third-order valence-corrected chi connectivity index (χ3v) is 5.50. The molecular formula is C20H30ClN3O2. The number of nitrogens with zero attached hydrogens (tertiary/aromatic N) is 2. The maximum absolute atomic E-state index is 12.5. The highest BCUT2D eigenvalue weighted by Gasteiger charge is 2.29. The van der Waals surface area contributed by atoms with Gasteiger partial charge in [0.1, 0.15) is 0 Å². The number of hydrogen-bond acceptors (Lipinski definition) is 3. The Kier molecular flexibility index (Phi) is 7.47. The molecule has 2 rings (SSSR count). The number of rotatable bonds is 6. The van der Waals surface area contributed by atoms with Crippen LogP contribution in [-0.4, -0.2) is 54.3 Å². The number of halogens is 1. The number of likely N-dealkylation sites (tertiary alicyclic amines) is 1. The Balaban J connectivity index is 1.77. The highest BCUT2D eigenvalue weighted by atomic mass is 35.5. The smallest absolute Gasteiger partial charge is 0.236 e. The average Bonchev–Trinajstić information content (AvgIpc) is 2.65. The molecule has 1 unspecified atom stereocenters. The van der Waals surface area contributed by atoms with E-state index in [-0.39, 0.29) is 29.8 Å². The minimum Gasteiger partial charge on any atom is -0.343 e. The zero-order chi connectivity index (χ0) is 19.3. The zero-order valence-electron chi connectivity index (χ0n) is 16.2. The summed E-state index contributed by atoms with van der Waals surface area (Å²) >= 11 is 5.91. The normalized spacial score (nSPS) is 16.6. The Morgan fingerprint density at radius 2 is 1.77 bits per heavy atom. The van der Waals surface area contributed by atoms with Gasteiger partial charge in [0.25, 0.3) is 0 Å². The minimum absolute atomic E-state index is 0.0346. The van der Waals surface area contributed by atoms with Gasteiger partial charge in [-0.05, 0) is 51.3 Å². The Labute approximate surface area is 161 Å². The second-order valence-electron chi connectivity index (χ2n) is 7.35. The largest absolute Gasteiger partial charge is 0.343 e. The fourth-order valence-corrected chi connectivity index (χ4v) is 3.27. The predicted molar refractivity (Wildman–Crippen MR) is 105 cm³/mol. The van der Waals surface area contributed by atoms with Crippen molar-refractivity contribution in [3.05, 3.63) is 34.9 Å². The molecule has 1 N–H and O–H groups in total. The summed E-state index contributed by atoms with van der Waals surface area (Å²) in [5.41, 5.74) is 1.10. The molecule has 1 aromatic rings. The molecule has 0 saturated carbocycles. The van der Waals surface area contributed by atoms with Crippen molar-refractivity contribution in [1.82, 2.24) is 15.1 Å². The summed E-state index contributed by atoms with van der Waals surface area (Å²) in [5.74, 6) is 0.322. The molecular weight excluding hydrogens is 350 g/mol. The quantitative estimate of drug-likeness (QED) is 0.826. The van der Waals surface area contributed by atoms with Gasteiger partial charge in [0.05, 0.1) is 6.54 Å². The molecule has 1 aliphatic heterocycles. The van der Waals surface area contributed by atoms with Gasteiger partial charge in [-0.15, -0.1) is 0 Å². The van der Waals surface area contributed by atoms with Gasteiger partial charge in [-0.1, -0.05) is 23.7 Å². The van der Waals surface area contributed by atoms with E-state index < -0.39 is 0 Å². The fourth-order valence-electron chi connectivity index (χ4n) is 3.14. The van der Waals surface area contributed by atoms with E-state index in [1.807, 2.05) is 57.0 Å². The molecule has 1 fully saturated rings. The number of nitrogens with one attached hydrogen (secondary N) is 1. The van der Waals surface area contributed by atoms with E-state index in [0.29, 0.717) is 24.7 Å². The summed E-state index contributed by atoms with van der Waals surface area (Å²) in [7, 11) is 1.85. The van der Waals surface area contributed by atoms with Crippen LogP contribution < -0.4 is 5.32 Å². The van der Waals surface area contributed by atoms with Crippen molar-refractivity contribution in [2.75, 3.05) is 26.7 Å². The molecule has 1 aromatic carbocycles. The summed E-state index contributed by atoms with van der Waals surface area (Å²) in [6, 6.07) is 7.93. The van der Waals surface area contributed by atoms with Crippen LogP contribution in [0.25, 0.3) is 0 Å². The number of hydrogen-bond donors (Lipinski definition) is 1. The summed E-state index contributed by atoms with van der Waals surface area (Å²) in [6.07, 6.45) is 1.49. The first-order valence-electron chi connectivity index (χ1n) is 9.33. The highest BCUT2D eigenvalue weighted by Crippen LogP contribution is 2.20. The molecule has 5 nitrogen and oxygen atoms in total. The van der Waals surface area contributed by atoms with Gasteiger partial charge in [-0.3, -0.25) is 9.59 Å². The van der Waals surface area contributed by atoms with E-state index in [2.05, 4.69) is 5.32 Å². The Bertz CT molecular complexity index is 610. The van der Waals surface area contributed by atoms with E-state index >= 15 is 0 Å². The molecule has 26 heavy (non-hydrogen) atoms. The third-order valence-electron chi connectivity index (χ3n) is 5.25. The monoisotopic (exact) mass is 379 g/mol. The van der Waals surface area contributed by atoms with Crippen molar-refractivity contribution < 1.29 is 9.59 Å². The number of benzene rings is 1. The highest BCUT2D eigenvalue weighted by molar-refractivity contribution is 6.30. The SMILES string of the molecule is CC(NCC(=O)N1CCC(C(=O)N(C)C(C)C)CC1)c1ccc(Cl)cc1. The molecule has 1 saturated heterocycles. The Morgan fingerprint density at radius 3 is 2.31 bits per heavy atom. The number of carbonyl (C=O) groups is 2. The van der Waals surface area contributed by atoms with Gasteiger partial charge in [0.15, 0.2) is 0 Å². The maximum Gasteiger partial charge on any atom is 0.236 e. The van der Waals surface area contributed by atoms with Crippen molar-refractivity contribution in [1.29, 1.82) is 0 Å². The molecule has 0 radical (unpaired) electrons. The van der Waals surface area contributed by atoms with Crippen LogP contribution >= 0.6 is 11.6 Å². The number of amides is 2. The van der Waals surface area contributed by atoms with Crippen LogP contribution in [0.2, 0.25) is 5.02 Å². The number of piperidine rings is 1. The van der Waals surface area contributed by atoms with Gasteiger partial charge in [0.2, 0.25) is 11.8 Å². The summed E-state index contributed by atoms with van der Waals surface area (Å²) in [6.45, 7) is 7.67. The topological polar surface area (TPSA) is 52.7 Å². The van der Waals surface area contributed by atoms with Gasteiger partial charge in [-0.2, -0.15) is 0 Å². The second-order valence-corrected chi connectivity index (χ2v) is 7.79. The number of carbonyl (C=O) groups excluding carboxylic acids is 2. The Hall–Kier alpha value is -1.59. The van der Waals surface area contributed by atoms with Crippen LogP contribution in [0, 0.1) is 5.92 Å². The summed E-state index contributed by atoms with van der Waals surface area (Å²) in [4.78, 5) is 28.5. The van der Waals surface area contributed by atoms with Crippen LogP contribution in [0.1, 0.15) is 45.2 Å². The third kappa shape index (κ3) is 5.45. The lowest BCUT2D eigenvalue weighted by molar-refractivity contribution is -0.140. The van der Waals surface area contributed by atoms with Crippen LogP contribution in [0.3, 0.4) is 0 Å². The van der Waals surface area contributed by atoms with E-state index in [9.17, 15) is 9.59 Å². The molecule has 1 heterocycles. The van der Waals surface area contributed by atoms with E-state index in [0.717, 1.165) is 18.4 Å². The fraction of sp³-hybridized carbons (Fsp3) is 0.600. The van der Waals surface area contributed by atoms with Crippen molar-refractivity contribution >= 4 is 23.4 Å². The van der Waals surface area contributed by atoms with Crippen molar-refractivity contribution in [3.63, 3.8) is 0 Å². The van der Waals surface area contributed by atoms with Gasteiger partial charge in [0, 0.05) is 43.2 Å². The lowest BCUT2D eigenvalue weighted by Gasteiger charge is -2.34. The van der Waals surface area contributed by atoms with Crippen LogP contribution in [-0.2, 0) is 9.59 Å². The zero-order valence-corrected chi connectivity index (χ0v) is 16.9. The van der Waals surface area contributed by atoms with Crippen LogP contribution in [0.15, 0.2) is 24.3 Å². The van der Waals surface area contributed by atoms with Gasteiger partial charge >= 0.3 is 0 Å². The second kappa shape index (κ2) is 9.38. The Morgan fingerprint density at radius 1 is 1.19 bits per heavy atom. The van der Waals surface area contributed by atoms with E-state index in [1.165, 1.54) is 0 Å². The molecule has 0 spiro atoms. The van der Waals surface area contributed by atoms with Gasteiger partial charge < -0.3 is 15.1 Å². The first-order valence-corrected chi connectivity index (χ1v) is 9.70. The minimum atomic E-state index is 0.0346. The predicted octanol–water partition coefficient (Wildman–Crippen LogP) is 3.10. The first kappa shape index (κ1) is 20.7. The summed E-state index contributed by atoms with van der Waals surface area (Å²) < 4.78 is 0.